The van der Waals surface area contributed by atoms with Crippen LogP contribution >= 0.6 is 0 Å². The van der Waals surface area contributed by atoms with Gasteiger partial charge in [0.25, 0.3) is 0 Å². The van der Waals surface area contributed by atoms with E-state index < -0.39 is 0 Å². The highest BCUT2D eigenvalue weighted by atomic mass is 17.2. The maximum absolute atomic E-state index is 11.5. The minimum atomic E-state index is 0.128. The number of ether oxygens (including phenoxy) is 1. The molecule has 1 amide bonds. The Bertz CT molecular complexity index is 823. The summed E-state index contributed by atoms with van der Waals surface area (Å²) >= 11 is 0. The van der Waals surface area contributed by atoms with Crippen LogP contribution in [0.15, 0.2) is 24.3 Å². The molecule has 4 bridgehead atoms. The van der Waals surface area contributed by atoms with Crippen molar-refractivity contribution in [1.29, 1.82) is 0 Å². The predicted octanol–water partition coefficient (Wildman–Crippen LogP) is 5.71. The molecule has 6 nitrogen and oxygen atoms in total. The van der Waals surface area contributed by atoms with Crippen molar-refractivity contribution in [3.63, 3.8) is 0 Å². The molecule has 1 saturated heterocycles. The predicted molar refractivity (Wildman–Crippen MR) is 145 cm³/mol. The van der Waals surface area contributed by atoms with Crippen molar-refractivity contribution in [3.05, 3.63) is 29.8 Å². The van der Waals surface area contributed by atoms with Crippen LogP contribution in [-0.2, 0) is 14.6 Å². The minimum Gasteiger partial charge on any atom is -0.494 e. The van der Waals surface area contributed by atoms with Crippen LogP contribution in [0.25, 0.3) is 0 Å². The van der Waals surface area contributed by atoms with E-state index in [-0.39, 0.29) is 12.0 Å². The topological polar surface area (TPSA) is 60.0 Å². The average Bonchev–Trinajstić information content (AvgIpc) is 2.92. The number of nitrogens with one attached hydrogen (secondary N) is 1. The zero-order valence-corrected chi connectivity index (χ0v) is 23.0. The van der Waals surface area contributed by atoms with Crippen molar-refractivity contribution in [3.8, 4) is 5.75 Å². The van der Waals surface area contributed by atoms with E-state index in [9.17, 15) is 4.79 Å². The van der Waals surface area contributed by atoms with Crippen molar-refractivity contribution in [2.24, 2.45) is 23.7 Å². The third-order valence-corrected chi connectivity index (χ3v) is 9.47. The molecule has 1 aromatic carbocycles. The summed E-state index contributed by atoms with van der Waals surface area (Å²) < 4.78 is 5.95. The Labute approximate surface area is 223 Å². The van der Waals surface area contributed by atoms with E-state index in [1.165, 1.54) is 50.5 Å². The van der Waals surface area contributed by atoms with Crippen LogP contribution in [0.4, 0.5) is 0 Å². The molecule has 6 fully saturated rings. The first kappa shape index (κ1) is 27.0. The summed E-state index contributed by atoms with van der Waals surface area (Å²) in [6, 6.07) is 8.70. The number of benzene rings is 1. The second-order valence-corrected chi connectivity index (χ2v) is 12.0. The van der Waals surface area contributed by atoms with Gasteiger partial charge in [0.15, 0.2) is 0 Å². The van der Waals surface area contributed by atoms with E-state index >= 15 is 0 Å². The molecule has 6 aliphatic rings. The fourth-order valence-corrected chi connectivity index (χ4v) is 7.86. The first-order chi connectivity index (χ1) is 18.2. The Morgan fingerprint density at radius 2 is 1.57 bits per heavy atom. The molecular formula is C31H48N2O4. The molecule has 0 unspecified atom stereocenters. The van der Waals surface area contributed by atoms with Crippen molar-refractivity contribution in [1.82, 2.24) is 10.2 Å². The Hall–Kier alpha value is -1.63. The number of amides is 1. The van der Waals surface area contributed by atoms with Crippen LogP contribution in [-0.4, -0.2) is 55.8 Å². The summed E-state index contributed by atoms with van der Waals surface area (Å²) in [5.74, 6) is 5.15. The van der Waals surface area contributed by atoms with Crippen LogP contribution in [0.3, 0.4) is 0 Å². The number of piperazine rings is 1. The molecule has 0 aromatic heterocycles. The van der Waals surface area contributed by atoms with E-state index in [4.69, 9.17) is 14.5 Å². The first-order valence-electron chi connectivity index (χ1n) is 15.2. The third-order valence-electron chi connectivity index (χ3n) is 9.47. The van der Waals surface area contributed by atoms with Crippen LogP contribution in [0, 0.1) is 23.7 Å². The Balaban J connectivity index is 0.00000137. The lowest BCUT2D eigenvalue weighted by atomic mass is 9.55. The van der Waals surface area contributed by atoms with Gasteiger partial charge >= 0.3 is 0 Å². The number of carbonyl (C=O) groups excluding carboxylic acids is 1. The highest BCUT2D eigenvalue weighted by Crippen LogP contribution is 2.54. The summed E-state index contributed by atoms with van der Waals surface area (Å²) in [5.41, 5.74) is 1.41. The second kappa shape index (κ2) is 12.9. The highest BCUT2D eigenvalue weighted by molar-refractivity contribution is 5.78. The van der Waals surface area contributed by atoms with Gasteiger partial charge in [0.2, 0.25) is 5.91 Å². The van der Waals surface area contributed by atoms with Crippen LogP contribution in [0.1, 0.15) is 89.5 Å². The molecule has 6 heteroatoms. The molecule has 206 valence electrons. The standard InChI is InChI=1S/C29H42N2O4.C2H6/c32-28-19-31(12-10-30-28)11-1-13-33-26-6-2-22(3-7-26)23-4-8-27(9-5-23)34-35-29-24-15-20-14-21(17-24)18-25(29)16-20;1-2/h2-3,6-7,20-21,23-25,27,29H,1,4-5,8-19H2,(H,30,32);1-2H3. The molecule has 1 N–H and O–H groups in total. The molecule has 37 heavy (non-hydrogen) atoms. The minimum absolute atomic E-state index is 0.128. The molecule has 1 aromatic rings. The molecule has 0 spiro atoms. The zero-order chi connectivity index (χ0) is 25.6. The maximum Gasteiger partial charge on any atom is 0.234 e. The lowest BCUT2D eigenvalue weighted by Gasteiger charge is -2.53. The molecule has 1 heterocycles. The lowest BCUT2D eigenvalue weighted by molar-refractivity contribution is -0.383. The van der Waals surface area contributed by atoms with E-state index in [0.29, 0.717) is 25.2 Å². The van der Waals surface area contributed by atoms with Gasteiger partial charge in [-0.2, -0.15) is 0 Å². The van der Waals surface area contributed by atoms with Gasteiger partial charge < -0.3 is 10.1 Å². The van der Waals surface area contributed by atoms with Gasteiger partial charge in [-0.15, -0.1) is 0 Å². The molecule has 0 radical (unpaired) electrons. The second-order valence-electron chi connectivity index (χ2n) is 12.0. The number of hydrogen-bond acceptors (Lipinski definition) is 5. The van der Waals surface area contributed by atoms with Crippen LogP contribution in [0.2, 0.25) is 0 Å². The van der Waals surface area contributed by atoms with E-state index in [1.54, 1.807) is 0 Å². The monoisotopic (exact) mass is 512 g/mol. The highest BCUT2D eigenvalue weighted by Gasteiger charge is 2.49. The van der Waals surface area contributed by atoms with Crippen molar-refractivity contribution in [2.75, 3.05) is 32.8 Å². The molecular weight excluding hydrogens is 464 g/mol. The van der Waals surface area contributed by atoms with Gasteiger partial charge in [-0.25, -0.2) is 9.78 Å². The summed E-state index contributed by atoms with van der Waals surface area (Å²) in [6.07, 6.45) is 13.1. The smallest absolute Gasteiger partial charge is 0.234 e. The molecule has 5 aliphatic carbocycles. The number of rotatable bonds is 9. The SMILES string of the molecule is CC.O=C1CN(CCCOc2ccc(C3CCC(OOC4C5CC6CC(C5)CC4C6)CC3)cc2)CCN1. The number of hydrogen-bond donors (Lipinski definition) is 1. The molecule has 7 rings (SSSR count). The number of nitrogens with zero attached hydrogens (tertiary/aromatic N) is 1. The molecule has 5 saturated carbocycles. The first-order valence-corrected chi connectivity index (χ1v) is 15.2. The molecule has 0 atom stereocenters. The van der Waals surface area contributed by atoms with Gasteiger partial charge in [-0.3, -0.25) is 9.69 Å². The lowest BCUT2D eigenvalue weighted by Crippen LogP contribution is -2.49. The number of carbonyl (C=O) groups is 1. The fourth-order valence-electron chi connectivity index (χ4n) is 7.86. The Kier molecular flexibility index (Phi) is 9.43. The molecule has 1 aliphatic heterocycles. The summed E-state index contributed by atoms with van der Waals surface area (Å²) in [6.45, 7) is 7.79. The fraction of sp³-hybridized carbons (Fsp3) is 0.774. The van der Waals surface area contributed by atoms with Gasteiger partial charge in [-0.05, 0) is 111 Å². The Morgan fingerprint density at radius 1 is 0.892 bits per heavy atom. The summed E-state index contributed by atoms with van der Waals surface area (Å²) in [4.78, 5) is 25.9. The summed E-state index contributed by atoms with van der Waals surface area (Å²) in [7, 11) is 0. The normalized spacial score (nSPS) is 35.0. The van der Waals surface area contributed by atoms with Crippen LogP contribution in [0.5, 0.6) is 5.75 Å². The van der Waals surface area contributed by atoms with Crippen LogP contribution < -0.4 is 10.1 Å². The zero-order valence-electron chi connectivity index (χ0n) is 23.0. The van der Waals surface area contributed by atoms with E-state index in [2.05, 4.69) is 34.5 Å². The van der Waals surface area contributed by atoms with Gasteiger partial charge in [0.05, 0.1) is 25.4 Å². The van der Waals surface area contributed by atoms with Gasteiger partial charge in [0.1, 0.15) is 5.75 Å². The van der Waals surface area contributed by atoms with E-state index in [0.717, 1.165) is 68.3 Å². The summed E-state index contributed by atoms with van der Waals surface area (Å²) in [5, 5.41) is 2.87. The van der Waals surface area contributed by atoms with Crippen molar-refractivity contribution < 1.29 is 19.3 Å². The Morgan fingerprint density at radius 3 is 2.22 bits per heavy atom. The maximum atomic E-state index is 11.5. The van der Waals surface area contributed by atoms with Crippen molar-refractivity contribution >= 4 is 5.91 Å². The van der Waals surface area contributed by atoms with Gasteiger partial charge in [0, 0.05) is 19.6 Å². The average molecular weight is 513 g/mol. The van der Waals surface area contributed by atoms with Crippen molar-refractivity contribution in [2.45, 2.75) is 96.2 Å². The largest absolute Gasteiger partial charge is 0.494 e. The van der Waals surface area contributed by atoms with Gasteiger partial charge in [-0.1, -0.05) is 26.0 Å². The van der Waals surface area contributed by atoms with E-state index in [1.807, 2.05) is 13.8 Å². The quantitative estimate of drug-likeness (QED) is 0.261. The third kappa shape index (κ3) is 6.88.